The molecule has 4 nitrogen and oxygen atoms in total. The maximum absolute atomic E-state index is 13.3. The van der Waals surface area contributed by atoms with E-state index in [1.54, 1.807) is 0 Å². The number of hydrogen-bond acceptors (Lipinski definition) is 3. The van der Waals surface area contributed by atoms with Crippen molar-refractivity contribution in [1.29, 1.82) is 0 Å². The molecule has 0 unspecified atom stereocenters. The van der Waals surface area contributed by atoms with E-state index in [0.717, 1.165) is 25.3 Å². The van der Waals surface area contributed by atoms with Gasteiger partial charge in [0.25, 0.3) is 0 Å². The highest BCUT2D eigenvalue weighted by atomic mass is 19.1. The molecule has 0 aliphatic heterocycles. The number of carbonyl (C=O) groups is 1. The van der Waals surface area contributed by atoms with E-state index in [0.29, 0.717) is 5.56 Å². The molecule has 1 heterocycles. The Balaban J connectivity index is 2.84. The number of nitrogens with zero attached hydrogens (tertiary/aromatic N) is 1. The van der Waals surface area contributed by atoms with Gasteiger partial charge in [0.05, 0.1) is 0 Å². The second kappa shape index (κ2) is 5.55. The minimum absolute atomic E-state index is 0.287. The lowest BCUT2D eigenvalue weighted by Crippen LogP contribution is -2.13. The van der Waals surface area contributed by atoms with Gasteiger partial charge in [-0.05, 0) is 18.1 Å². The topological polar surface area (TPSA) is 76.2 Å². The molecule has 0 radical (unpaired) electrons. The van der Waals surface area contributed by atoms with Gasteiger partial charge in [-0.15, -0.1) is 0 Å². The fourth-order valence-corrected chi connectivity index (χ4v) is 1.40. The first-order valence-electron chi connectivity index (χ1n) is 5.20. The van der Waals surface area contributed by atoms with Crippen molar-refractivity contribution >= 4 is 5.97 Å². The minimum Gasteiger partial charge on any atom is -0.476 e. The van der Waals surface area contributed by atoms with Crippen molar-refractivity contribution in [3.8, 4) is 0 Å². The molecule has 88 valence electrons. The summed E-state index contributed by atoms with van der Waals surface area (Å²) in [7, 11) is 0. The van der Waals surface area contributed by atoms with Crippen LogP contribution in [0.4, 0.5) is 4.39 Å². The van der Waals surface area contributed by atoms with Crippen LogP contribution in [0.5, 0.6) is 0 Å². The summed E-state index contributed by atoms with van der Waals surface area (Å²) >= 11 is 0. The lowest BCUT2D eigenvalue weighted by Gasteiger charge is -2.11. The quantitative estimate of drug-likeness (QED) is 0.806. The van der Waals surface area contributed by atoms with E-state index in [9.17, 15) is 9.18 Å². The molecule has 0 bridgehead atoms. The number of halogens is 1. The number of unbranched alkanes of at least 4 members (excludes halogenated alkanes) is 1. The van der Waals surface area contributed by atoms with Gasteiger partial charge >= 0.3 is 5.97 Å². The fraction of sp³-hybridized carbons (Fsp3) is 0.455. The number of carboxylic acid groups (broad SMARTS) is 1. The molecule has 0 aromatic carbocycles. The Morgan fingerprint density at radius 3 is 2.88 bits per heavy atom. The van der Waals surface area contributed by atoms with Crippen LogP contribution in [0.1, 0.15) is 48.3 Å². The summed E-state index contributed by atoms with van der Waals surface area (Å²) < 4.78 is 13.3. The number of hydrogen-bond donors (Lipinski definition) is 2. The number of aromatic carboxylic acids is 1. The molecule has 0 saturated heterocycles. The second-order valence-electron chi connectivity index (χ2n) is 3.65. The number of nitrogens with two attached hydrogens (primary N) is 1. The fourth-order valence-electron chi connectivity index (χ4n) is 1.40. The predicted molar refractivity (Wildman–Crippen MR) is 57.6 cm³/mol. The van der Waals surface area contributed by atoms with Crippen molar-refractivity contribution in [1.82, 2.24) is 4.98 Å². The highest BCUT2D eigenvalue weighted by Crippen LogP contribution is 2.17. The van der Waals surface area contributed by atoms with Crippen LogP contribution in [0, 0.1) is 5.82 Å². The maximum Gasteiger partial charge on any atom is 0.357 e. The van der Waals surface area contributed by atoms with E-state index in [4.69, 9.17) is 10.8 Å². The molecule has 16 heavy (non-hydrogen) atoms. The predicted octanol–water partition coefficient (Wildman–Crippen LogP) is 2.11. The SMILES string of the molecule is CCCC[C@H](N)c1cnc(C(=O)O)c(F)c1. The lowest BCUT2D eigenvalue weighted by atomic mass is 10.0. The van der Waals surface area contributed by atoms with Crippen LogP contribution < -0.4 is 5.73 Å². The normalized spacial score (nSPS) is 12.4. The number of rotatable bonds is 5. The number of pyridine rings is 1. The highest BCUT2D eigenvalue weighted by molar-refractivity contribution is 5.85. The average molecular weight is 226 g/mol. The van der Waals surface area contributed by atoms with Crippen LogP contribution in [0.2, 0.25) is 0 Å². The van der Waals surface area contributed by atoms with E-state index in [1.165, 1.54) is 6.20 Å². The molecular formula is C11H15FN2O2. The summed E-state index contributed by atoms with van der Waals surface area (Å²) in [5.74, 6) is -2.21. The first-order valence-corrected chi connectivity index (χ1v) is 5.20. The van der Waals surface area contributed by atoms with Crippen LogP contribution in [0.25, 0.3) is 0 Å². The lowest BCUT2D eigenvalue weighted by molar-refractivity contribution is 0.0685. The average Bonchev–Trinajstić information content (AvgIpc) is 2.25. The minimum atomic E-state index is -1.37. The molecule has 0 spiro atoms. The van der Waals surface area contributed by atoms with Crippen LogP contribution in [0.3, 0.4) is 0 Å². The molecule has 0 saturated carbocycles. The van der Waals surface area contributed by atoms with Crippen molar-refractivity contribution < 1.29 is 14.3 Å². The zero-order chi connectivity index (χ0) is 12.1. The molecule has 1 atom stereocenters. The Bertz CT molecular complexity index is 382. The third-order valence-electron chi connectivity index (χ3n) is 2.36. The molecule has 3 N–H and O–H groups in total. The summed E-state index contributed by atoms with van der Waals surface area (Å²) in [6.45, 7) is 2.04. The molecule has 1 aromatic rings. The smallest absolute Gasteiger partial charge is 0.357 e. The first-order chi connectivity index (χ1) is 7.56. The maximum atomic E-state index is 13.3. The molecule has 0 aliphatic rings. The summed E-state index contributed by atoms with van der Waals surface area (Å²) in [6, 6.07) is 0.862. The van der Waals surface area contributed by atoms with Gasteiger partial charge in [-0.3, -0.25) is 0 Å². The molecule has 1 rings (SSSR count). The Kier molecular flexibility index (Phi) is 4.37. The van der Waals surface area contributed by atoms with E-state index in [1.807, 2.05) is 6.92 Å². The summed E-state index contributed by atoms with van der Waals surface area (Å²) in [5, 5.41) is 8.60. The molecule has 1 aromatic heterocycles. The van der Waals surface area contributed by atoms with Crippen molar-refractivity contribution in [2.45, 2.75) is 32.2 Å². The van der Waals surface area contributed by atoms with Crippen molar-refractivity contribution in [2.75, 3.05) is 0 Å². The van der Waals surface area contributed by atoms with Gasteiger partial charge in [-0.1, -0.05) is 19.8 Å². The number of aromatic nitrogens is 1. The van der Waals surface area contributed by atoms with Crippen LogP contribution >= 0.6 is 0 Å². The zero-order valence-corrected chi connectivity index (χ0v) is 9.11. The molecular weight excluding hydrogens is 211 g/mol. The van der Waals surface area contributed by atoms with E-state index in [2.05, 4.69) is 4.98 Å². The molecule has 0 amide bonds. The largest absolute Gasteiger partial charge is 0.476 e. The Morgan fingerprint density at radius 1 is 1.69 bits per heavy atom. The van der Waals surface area contributed by atoms with Gasteiger partial charge in [-0.2, -0.15) is 0 Å². The summed E-state index contributed by atoms with van der Waals surface area (Å²) in [6.07, 6.45) is 4.02. The first kappa shape index (κ1) is 12.6. The van der Waals surface area contributed by atoms with Gasteiger partial charge in [0.1, 0.15) is 0 Å². The van der Waals surface area contributed by atoms with E-state index < -0.39 is 17.5 Å². The van der Waals surface area contributed by atoms with Crippen molar-refractivity contribution in [3.63, 3.8) is 0 Å². The van der Waals surface area contributed by atoms with E-state index >= 15 is 0 Å². The standard InChI is InChI=1S/C11H15FN2O2/c1-2-3-4-9(13)7-5-8(12)10(11(15)16)14-6-7/h5-6,9H,2-4,13H2,1H3,(H,15,16)/t9-/m0/s1. The third-order valence-corrected chi connectivity index (χ3v) is 2.36. The zero-order valence-electron chi connectivity index (χ0n) is 9.11. The van der Waals surface area contributed by atoms with E-state index in [-0.39, 0.29) is 6.04 Å². The molecule has 0 aliphatic carbocycles. The van der Waals surface area contributed by atoms with Crippen LogP contribution in [-0.2, 0) is 0 Å². The molecule has 5 heteroatoms. The number of carboxylic acids is 1. The van der Waals surface area contributed by atoms with Crippen LogP contribution in [0.15, 0.2) is 12.3 Å². The highest BCUT2D eigenvalue weighted by Gasteiger charge is 2.14. The Morgan fingerprint density at radius 2 is 2.38 bits per heavy atom. The Hall–Kier alpha value is -1.49. The van der Waals surface area contributed by atoms with Gasteiger partial charge in [-0.25, -0.2) is 14.2 Å². The van der Waals surface area contributed by atoms with Crippen molar-refractivity contribution in [2.24, 2.45) is 5.73 Å². The van der Waals surface area contributed by atoms with Gasteiger partial charge < -0.3 is 10.8 Å². The van der Waals surface area contributed by atoms with Crippen molar-refractivity contribution in [3.05, 3.63) is 29.3 Å². The summed E-state index contributed by atoms with van der Waals surface area (Å²) in [5.41, 5.74) is 5.80. The molecule has 0 fully saturated rings. The summed E-state index contributed by atoms with van der Waals surface area (Å²) in [4.78, 5) is 14.1. The Labute approximate surface area is 93.3 Å². The van der Waals surface area contributed by atoms with Crippen LogP contribution in [-0.4, -0.2) is 16.1 Å². The van der Waals surface area contributed by atoms with Gasteiger partial charge in [0.2, 0.25) is 0 Å². The second-order valence-corrected chi connectivity index (χ2v) is 3.65. The monoisotopic (exact) mass is 226 g/mol. The van der Waals surface area contributed by atoms with Gasteiger partial charge in [0, 0.05) is 12.2 Å². The van der Waals surface area contributed by atoms with Gasteiger partial charge in [0.15, 0.2) is 11.5 Å². The third kappa shape index (κ3) is 3.00.